The van der Waals surface area contributed by atoms with E-state index in [1.54, 1.807) is 6.20 Å². The van der Waals surface area contributed by atoms with E-state index in [1.165, 1.54) is 12.8 Å². The molecule has 1 fully saturated rings. The first kappa shape index (κ1) is 13.1. The first-order chi connectivity index (χ1) is 9.65. The second-order valence-corrected chi connectivity index (χ2v) is 5.65. The molecule has 0 aliphatic heterocycles. The summed E-state index contributed by atoms with van der Waals surface area (Å²) in [5.41, 5.74) is 7.92. The minimum absolute atomic E-state index is 0.495. The van der Waals surface area contributed by atoms with Crippen molar-refractivity contribution in [2.45, 2.75) is 38.4 Å². The van der Waals surface area contributed by atoms with Gasteiger partial charge in [-0.3, -0.25) is 4.90 Å². The summed E-state index contributed by atoms with van der Waals surface area (Å²) in [4.78, 5) is 10.8. The quantitative estimate of drug-likeness (QED) is 0.903. The molecule has 0 aromatic carbocycles. The van der Waals surface area contributed by atoms with Crippen molar-refractivity contribution in [2.75, 3.05) is 12.8 Å². The highest BCUT2D eigenvalue weighted by molar-refractivity contribution is 5.61. The van der Waals surface area contributed by atoms with E-state index in [2.05, 4.69) is 33.4 Å². The Morgan fingerprint density at radius 1 is 1.50 bits per heavy atom. The van der Waals surface area contributed by atoms with Crippen LogP contribution in [0.15, 0.2) is 30.9 Å². The fourth-order valence-corrected chi connectivity index (χ4v) is 2.57. The minimum Gasteiger partial charge on any atom is -0.384 e. The van der Waals surface area contributed by atoms with Crippen LogP contribution < -0.4 is 5.73 Å². The number of rotatable bonds is 5. The number of anilines is 1. The van der Waals surface area contributed by atoms with Gasteiger partial charge in [0, 0.05) is 30.4 Å². The van der Waals surface area contributed by atoms with Gasteiger partial charge in [-0.15, -0.1) is 0 Å². The van der Waals surface area contributed by atoms with E-state index in [-0.39, 0.29) is 0 Å². The first-order valence-electron chi connectivity index (χ1n) is 7.09. The van der Waals surface area contributed by atoms with E-state index in [0.717, 1.165) is 23.8 Å². The Bertz CT molecular complexity index is 587. The third-order valence-electron chi connectivity index (χ3n) is 4.07. The minimum atomic E-state index is 0.495. The Kier molecular flexibility index (Phi) is 3.44. The molecule has 1 saturated carbocycles. The molecule has 0 amide bonds. The zero-order chi connectivity index (χ0) is 14.1. The van der Waals surface area contributed by atoms with Crippen molar-refractivity contribution >= 4 is 5.82 Å². The van der Waals surface area contributed by atoms with Gasteiger partial charge in [-0.2, -0.15) is 0 Å². The molecular weight excluding hydrogens is 250 g/mol. The predicted molar refractivity (Wildman–Crippen MR) is 80.1 cm³/mol. The lowest BCUT2D eigenvalue weighted by molar-refractivity contribution is 0.226. The number of nitrogens with two attached hydrogens (primary N) is 1. The average molecular weight is 271 g/mol. The standard InChI is InChI=1S/C15H21N5/c1-11(19(2)13-3-4-13)9-20-10-17-8-14(20)12-5-6-18-15(16)7-12/h5-8,10-11,13H,3-4,9H2,1-2H3,(H2,16,18). The molecule has 1 aliphatic carbocycles. The highest BCUT2D eigenvalue weighted by atomic mass is 15.2. The van der Waals surface area contributed by atoms with E-state index >= 15 is 0 Å². The number of hydrogen-bond acceptors (Lipinski definition) is 4. The lowest BCUT2D eigenvalue weighted by atomic mass is 10.2. The van der Waals surface area contributed by atoms with Crippen LogP contribution in [0.4, 0.5) is 5.82 Å². The molecule has 1 aliphatic rings. The number of nitrogens with zero attached hydrogens (tertiary/aromatic N) is 4. The lowest BCUT2D eigenvalue weighted by Crippen LogP contribution is -2.34. The van der Waals surface area contributed by atoms with Gasteiger partial charge < -0.3 is 10.3 Å². The smallest absolute Gasteiger partial charge is 0.123 e. The Hall–Kier alpha value is -1.88. The van der Waals surface area contributed by atoms with Gasteiger partial charge in [0.25, 0.3) is 0 Å². The Balaban J connectivity index is 1.79. The number of aromatic nitrogens is 3. The van der Waals surface area contributed by atoms with Gasteiger partial charge in [0.15, 0.2) is 0 Å². The van der Waals surface area contributed by atoms with Gasteiger partial charge in [-0.25, -0.2) is 9.97 Å². The second-order valence-electron chi connectivity index (χ2n) is 5.65. The summed E-state index contributed by atoms with van der Waals surface area (Å²) in [5.74, 6) is 0.540. The van der Waals surface area contributed by atoms with Crippen molar-refractivity contribution in [3.63, 3.8) is 0 Å². The molecule has 2 aromatic heterocycles. The molecule has 20 heavy (non-hydrogen) atoms. The Morgan fingerprint density at radius 3 is 3.00 bits per heavy atom. The third-order valence-corrected chi connectivity index (χ3v) is 4.07. The summed E-state index contributed by atoms with van der Waals surface area (Å²) in [6, 6.07) is 5.13. The van der Waals surface area contributed by atoms with Gasteiger partial charge in [-0.1, -0.05) is 0 Å². The molecule has 0 spiro atoms. The van der Waals surface area contributed by atoms with Gasteiger partial charge in [0.1, 0.15) is 5.82 Å². The number of hydrogen-bond donors (Lipinski definition) is 1. The maximum Gasteiger partial charge on any atom is 0.123 e. The topological polar surface area (TPSA) is 60.0 Å². The van der Waals surface area contributed by atoms with Crippen LogP contribution in [-0.2, 0) is 6.54 Å². The molecule has 5 heteroatoms. The first-order valence-corrected chi connectivity index (χ1v) is 7.09. The number of pyridine rings is 1. The van der Waals surface area contributed by atoms with E-state index < -0.39 is 0 Å². The summed E-state index contributed by atoms with van der Waals surface area (Å²) >= 11 is 0. The van der Waals surface area contributed by atoms with Crippen molar-refractivity contribution in [3.05, 3.63) is 30.9 Å². The van der Waals surface area contributed by atoms with Gasteiger partial charge in [0.05, 0.1) is 18.2 Å². The maximum atomic E-state index is 5.76. The molecule has 3 rings (SSSR count). The van der Waals surface area contributed by atoms with Crippen LogP contribution in [0.1, 0.15) is 19.8 Å². The molecule has 1 unspecified atom stereocenters. The van der Waals surface area contributed by atoms with Crippen molar-refractivity contribution in [2.24, 2.45) is 0 Å². The average Bonchev–Trinajstić information content (AvgIpc) is 3.18. The zero-order valence-corrected chi connectivity index (χ0v) is 12.0. The monoisotopic (exact) mass is 271 g/mol. The zero-order valence-electron chi connectivity index (χ0n) is 12.0. The molecule has 0 saturated heterocycles. The summed E-state index contributed by atoms with van der Waals surface area (Å²) in [6.45, 7) is 3.20. The van der Waals surface area contributed by atoms with E-state index in [0.29, 0.717) is 11.9 Å². The lowest BCUT2D eigenvalue weighted by Gasteiger charge is -2.25. The van der Waals surface area contributed by atoms with E-state index in [4.69, 9.17) is 5.73 Å². The molecule has 2 N–H and O–H groups in total. The largest absolute Gasteiger partial charge is 0.384 e. The van der Waals surface area contributed by atoms with E-state index in [9.17, 15) is 0 Å². The van der Waals surface area contributed by atoms with Crippen molar-refractivity contribution in [3.8, 4) is 11.3 Å². The highest BCUT2D eigenvalue weighted by Crippen LogP contribution is 2.28. The second kappa shape index (κ2) is 5.25. The van der Waals surface area contributed by atoms with Crippen molar-refractivity contribution in [1.82, 2.24) is 19.4 Å². The van der Waals surface area contributed by atoms with Gasteiger partial charge in [0.2, 0.25) is 0 Å². The normalized spacial score (nSPS) is 16.6. The van der Waals surface area contributed by atoms with Gasteiger partial charge in [-0.05, 0) is 38.9 Å². The van der Waals surface area contributed by atoms with Crippen LogP contribution in [0.3, 0.4) is 0 Å². The molecule has 5 nitrogen and oxygen atoms in total. The van der Waals surface area contributed by atoms with Crippen LogP contribution in [0.5, 0.6) is 0 Å². The summed E-state index contributed by atoms with van der Waals surface area (Å²) in [7, 11) is 2.21. The Labute approximate surface area is 119 Å². The molecule has 2 aromatic rings. The Morgan fingerprint density at radius 2 is 2.30 bits per heavy atom. The number of likely N-dealkylation sites (N-methyl/N-ethyl adjacent to an activating group) is 1. The van der Waals surface area contributed by atoms with Crippen LogP contribution in [0.25, 0.3) is 11.3 Å². The molecule has 1 atom stereocenters. The van der Waals surface area contributed by atoms with E-state index in [1.807, 2.05) is 24.7 Å². The third kappa shape index (κ3) is 2.67. The van der Waals surface area contributed by atoms with Crippen LogP contribution in [-0.4, -0.2) is 38.6 Å². The fraction of sp³-hybridized carbons (Fsp3) is 0.467. The summed E-state index contributed by atoms with van der Waals surface area (Å²) in [6.07, 6.45) is 8.18. The molecule has 2 heterocycles. The molecule has 0 radical (unpaired) electrons. The SMILES string of the molecule is CC(Cn1cncc1-c1ccnc(N)c1)N(C)C1CC1. The van der Waals surface area contributed by atoms with Crippen LogP contribution in [0.2, 0.25) is 0 Å². The molecule has 106 valence electrons. The fourth-order valence-electron chi connectivity index (χ4n) is 2.57. The number of nitrogen functional groups attached to an aromatic ring is 1. The molecular formula is C15H21N5. The van der Waals surface area contributed by atoms with Crippen LogP contribution in [0, 0.1) is 0 Å². The summed E-state index contributed by atoms with van der Waals surface area (Å²) in [5, 5.41) is 0. The summed E-state index contributed by atoms with van der Waals surface area (Å²) < 4.78 is 2.19. The van der Waals surface area contributed by atoms with Crippen molar-refractivity contribution < 1.29 is 0 Å². The highest BCUT2D eigenvalue weighted by Gasteiger charge is 2.29. The van der Waals surface area contributed by atoms with Gasteiger partial charge >= 0.3 is 0 Å². The van der Waals surface area contributed by atoms with Crippen molar-refractivity contribution in [1.29, 1.82) is 0 Å². The number of imidazole rings is 1. The molecule has 0 bridgehead atoms. The maximum absolute atomic E-state index is 5.76. The van der Waals surface area contributed by atoms with Crippen LogP contribution >= 0.6 is 0 Å². The predicted octanol–water partition coefficient (Wildman–Crippen LogP) is 2.01.